The lowest BCUT2D eigenvalue weighted by Crippen LogP contribution is -2.39. The molecule has 2 atom stereocenters. The van der Waals surface area contributed by atoms with E-state index < -0.39 is 6.10 Å². The van der Waals surface area contributed by atoms with Crippen LogP contribution >= 0.6 is 0 Å². The molecule has 21 heavy (non-hydrogen) atoms. The highest BCUT2D eigenvalue weighted by molar-refractivity contribution is 5.81. The van der Waals surface area contributed by atoms with E-state index in [1.807, 2.05) is 38.1 Å². The highest BCUT2D eigenvalue weighted by Crippen LogP contribution is 2.19. The lowest BCUT2D eigenvalue weighted by atomic mass is 10.1. The standard InChI is InChI=1S/C17H26N2O2/c1-3-15(21-16-7-5-4-6-13(16)2)17(20)19-11-9-14-8-10-18-12-14/h4-7,14-15,18H,3,8-12H2,1-2H3,(H,19,20). The summed E-state index contributed by atoms with van der Waals surface area (Å²) in [6.45, 7) is 6.88. The molecule has 4 heteroatoms. The van der Waals surface area contributed by atoms with Crippen LogP contribution in [-0.4, -0.2) is 31.6 Å². The summed E-state index contributed by atoms with van der Waals surface area (Å²) in [5.74, 6) is 1.48. The third-order valence-electron chi connectivity index (χ3n) is 4.04. The van der Waals surface area contributed by atoms with Gasteiger partial charge in [0.1, 0.15) is 5.75 Å². The van der Waals surface area contributed by atoms with Crippen molar-refractivity contribution in [1.29, 1.82) is 0 Å². The summed E-state index contributed by atoms with van der Waals surface area (Å²) in [6, 6.07) is 7.81. The molecule has 1 aromatic carbocycles. The van der Waals surface area contributed by atoms with E-state index in [0.717, 1.165) is 37.4 Å². The van der Waals surface area contributed by atoms with Crippen LogP contribution in [0.15, 0.2) is 24.3 Å². The van der Waals surface area contributed by atoms with Crippen molar-refractivity contribution in [3.05, 3.63) is 29.8 Å². The van der Waals surface area contributed by atoms with Crippen LogP contribution < -0.4 is 15.4 Å². The van der Waals surface area contributed by atoms with Crippen molar-refractivity contribution in [1.82, 2.24) is 10.6 Å². The fourth-order valence-corrected chi connectivity index (χ4v) is 2.64. The van der Waals surface area contributed by atoms with Crippen molar-refractivity contribution >= 4 is 5.91 Å². The monoisotopic (exact) mass is 290 g/mol. The smallest absolute Gasteiger partial charge is 0.261 e. The molecule has 0 aromatic heterocycles. The van der Waals surface area contributed by atoms with E-state index in [-0.39, 0.29) is 5.91 Å². The number of hydrogen-bond donors (Lipinski definition) is 2. The molecule has 2 unspecified atom stereocenters. The van der Waals surface area contributed by atoms with Crippen molar-refractivity contribution in [3.8, 4) is 5.75 Å². The quantitative estimate of drug-likeness (QED) is 0.810. The van der Waals surface area contributed by atoms with Gasteiger partial charge in [-0.1, -0.05) is 25.1 Å². The molecule has 1 amide bonds. The van der Waals surface area contributed by atoms with Crippen molar-refractivity contribution < 1.29 is 9.53 Å². The molecule has 116 valence electrons. The third-order valence-corrected chi connectivity index (χ3v) is 4.04. The number of rotatable bonds is 7. The Morgan fingerprint density at radius 2 is 2.29 bits per heavy atom. The van der Waals surface area contributed by atoms with Crippen LogP contribution in [0.3, 0.4) is 0 Å². The molecule has 2 N–H and O–H groups in total. The van der Waals surface area contributed by atoms with E-state index in [0.29, 0.717) is 12.3 Å². The second kappa shape index (κ2) is 8.03. The maximum absolute atomic E-state index is 12.2. The molecular weight excluding hydrogens is 264 g/mol. The number of para-hydroxylation sites is 1. The summed E-state index contributed by atoms with van der Waals surface area (Å²) in [7, 11) is 0. The zero-order valence-electron chi connectivity index (χ0n) is 13.0. The number of carbonyl (C=O) groups excluding carboxylic acids is 1. The van der Waals surface area contributed by atoms with Gasteiger partial charge in [0, 0.05) is 6.54 Å². The minimum absolute atomic E-state index is 0.00768. The molecule has 0 spiro atoms. The number of aryl methyl sites for hydroxylation is 1. The van der Waals surface area contributed by atoms with Gasteiger partial charge in [0.2, 0.25) is 0 Å². The molecule has 1 aromatic rings. The minimum Gasteiger partial charge on any atom is -0.480 e. The Balaban J connectivity index is 1.79. The van der Waals surface area contributed by atoms with Crippen molar-refractivity contribution in [2.45, 2.75) is 39.2 Å². The van der Waals surface area contributed by atoms with Gasteiger partial charge in [0.25, 0.3) is 5.91 Å². The Hall–Kier alpha value is -1.55. The van der Waals surface area contributed by atoms with Crippen LogP contribution in [0.1, 0.15) is 31.7 Å². The van der Waals surface area contributed by atoms with Gasteiger partial charge in [-0.05, 0) is 56.8 Å². The summed E-state index contributed by atoms with van der Waals surface area (Å²) in [4.78, 5) is 12.2. The van der Waals surface area contributed by atoms with E-state index >= 15 is 0 Å². The molecule has 0 bridgehead atoms. The van der Waals surface area contributed by atoms with Crippen LogP contribution in [0.2, 0.25) is 0 Å². The molecule has 0 radical (unpaired) electrons. The van der Waals surface area contributed by atoms with Crippen LogP contribution in [0, 0.1) is 12.8 Å². The van der Waals surface area contributed by atoms with E-state index in [2.05, 4.69) is 10.6 Å². The highest BCUT2D eigenvalue weighted by Gasteiger charge is 2.20. The molecule has 0 aliphatic carbocycles. The van der Waals surface area contributed by atoms with Gasteiger partial charge >= 0.3 is 0 Å². The summed E-state index contributed by atoms with van der Waals surface area (Å²) in [5.41, 5.74) is 1.06. The second-order valence-electron chi connectivity index (χ2n) is 5.72. The maximum Gasteiger partial charge on any atom is 0.261 e. The average Bonchev–Trinajstić information content (AvgIpc) is 2.99. The van der Waals surface area contributed by atoms with Gasteiger partial charge in [0.15, 0.2) is 6.10 Å². The summed E-state index contributed by atoms with van der Waals surface area (Å²) < 4.78 is 5.85. The van der Waals surface area contributed by atoms with E-state index in [1.165, 1.54) is 6.42 Å². The fourth-order valence-electron chi connectivity index (χ4n) is 2.64. The lowest BCUT2D eigenvalue weighted by Gasteiger charge is -2.19. The predicted octanol–water partition coefficient (Wildman–Crippen LogP) is 2.27. The molecule has 1 saturated heterocycles. The molecule has 4 nitrogen and oxygen atoms in total. The molecule has 1 fully saturated rings. The number of nitrogens with one attached hydrogen (secondary N) is 2. The highest BCUT2D eigenvalue weighted by atomic mass is 16.5. The van der Waals surface area contributed by atoms with Crippen molar-refractivity contribution in [2.24, 2.45) is 5.92 Å². The minimum atomic E-state index is -0.409. The zero-order valence-corrected chi connectivity index (χ0v) is 13.0. The first-order chi connectivity index (χ1) is 10.2. The summed E-state index contributed by atoms with van der Waals surface area (Å²) >= 11 is 0. The third kappa shape index (κ3) is 4.74. The molecule has 0 saturated carbocycles. The topological polar surface area (TPSA) is 50.4 Å². The molecular formula is C17H26N2O2. The van der Waals surface area contributed by atoms with Gasteiger partial charge in [0.05, 0.1) is 0 Å². The number of carbonyl (C=O) groups is 1. The Kier molecular flexibility index (Phi) is 6.05. The van der Waals surface area contributed by atoms with Crippen LogP contribution in [-0.2, 0) is 4.79 Å². The molecule has 1 heterocycles. The molecule has 1 aliphatic heterocycles. The SMILES string of the molecule is CCC(Oc1ccccc1C)C(=O)NCCC1CCNC1. The molecule has 2 rings (SSSR count). The Bertz CT molecular complexity index is 456. The van der Waals surface area contributed by atoms with Crippen molar-refractivity contribution in [2.75, 3.05) is 19.6 Å². The summed E-state index contributed by atoms with van der Waals surface area (Å²) in [5, 5.41) is 6.35. The van der Waals surface area contributed by atoms with Gasteiger partial charge < -0.3 is 15.4 Å². The maximum atomic E-state index is 12.2. The Morgan fingerprint density at radius 1 is 1.48 bits per heavy atom. The number of ether oxygens (including phenoxy) is 1. The first-order valence-corrected chi connectivity index (χ1v) is 7.91. The van der Waals surface area contributed by atoms with E-state index in [1.54, 1.807) is 0 Å². The number of amides is 1. The number of benzene rings is 1. The van der Waals surface area contributed by atoms with Crippen LogP contribution in [0.5, 0.6) is 5.75 Å². The van der Waals surface area contributed by atoms with Gasteiger partial charge in [-0.15, -0.1) is 0 Å². The average molecular weight is 290 g/mol. The fraction of sp³-hybridized carbons (Fsp3) is 0.588. The summed E-state index contributed by atoms with van der Waals surface area (Å²) in [6.07, 6.45) is 2.52. The largest absolute Gasteiger partial charge is 0.480 e. The van der Waals surface area contributed by atoms with Gasteiger partial charge in [-0.2, -0.15) is 0 Å². The first-order valence-electron chi connectivity index (χ1n) is 7.91. The first kappa shape index (κ1) is 15.8. The van der Waals surface area contributed by atoms with Crippen LogP contribution in [0.4, 0.5) is 0 Å². The predicted molar refractivity (Wildman–Crippen MR) is 84.5 cm³/mol. The normalized spacial score (nSPS) is 19.2. The number of hydrogen-bond acceptors (Lipinski definition) is 3. The Labute approximate surface area is 127 Å². The molecule has 1 aliphatic rings. The second-order valence-corrected chi connectivity index (χ2v) is 5.72. The van der Waals surface area contributed by atoms with Crippen LogP contribution in [0.25, 0.3) is 0 Å². The van der Waals surface area contributed by atoms with Gasteiger partial charge in [-0.3, -0.25) is 4.79 Å². The lowest BCUT2D eigenvalue weighted by molar-refractivity contribution is -0.128. The van der Waals surface area contributed by atoms with Crippen molar-refractivity contribution in [3.63, 3.8) is 0 Å². The van der Waals surface area contributed by atoms with Gasteiger partial charge in [-0.25, -0.2) is 0 Å². The van der Waals surface area contributed by atoms with E-state index in [4.69, 9.17) is 4.74 Å². The Morgan fingerprint density at radius 3 is 2.95 bits per heavy atom. The zero-order chi connectivity index (χ0) is 15.1. The van der Waals surface area contributed by atoms with E-state index in [9.17, 15) is 4.79 Å².